The van der Waals surface area contributed by atoms with Gasteiger partial charge in [-0.25, -0.2) is 13.6 Å². The summed E-state index contributed by atoms with van der Waals surface area (Å²) in [6.45, 7) is 0.428. The van der Waals surface area contributed by atoms with Crippen LogP contribution in [0.5, 0.6) is 0 Å². The maximum atomic E-state index is 11.8. The van der Waals surface area contributed by atoms with Gasteiger partial charge in [-0.2, -0.15) is 0 Å². The van der Waals surface area contributed by atoms with Crippen LogP contribution in [-0.2, 0) is 10.0 Å². The van der Waals surface area contributed by atoms with E-state index >= 15 is 0 Å². The minimum atomic E-state index is -3.80. The van der Waals surface area contributed by atoms with Crippen molar-refractivity contribution in [3.05, 3.63) is 83.9 Å². The summed E-state index contributed by atoms with van der Waals surface area (Å²) in [7, 11) is -3.80. The van der Waals surface area contributed by atoms with Crippen molar-refractivity contribution in [1.82, 2.24) is 0 Å². The minimum Gasteiger partial charge on any atom is -0.384 e. The van der Waals surface area contributed by atoms with Crippen LogP contribution in [0.2, 0.25) is 0 Å². The molecule has 3 aromatic rings. The van der Waals surface area contributed by atoms with Crippen LogP contribution in [0.15, 0.2) is 77.7 Å². The van der Waals surface area contributed by atoms with E-state index in [-0.39, 0.29) is 10.7 Å². The highest BCUT2D eigenvalue weighted by molar-refractivity contribution is 7.89. The van der Waals surface area contributed by atoms with Crippen molar-refractivity contribution >= 4 is 21.5 Å². The first-order chi connectivity index (χ1) is 13.8. The van der Waals surface area contributed by atoms with Gasteiger partial charge in [0.15, 0.2) is 0 Å². The first-order valence-electron chi connectivity index (χ1n) is 8.74. The van der Waals surface area contributed by atoms with Crippen LogP contribution in [0.25, 0.3) is 11.1 Å². The van der Waals surface area contributed by atoms with Gasteiger partial charge in [-0.05, 0) is 35.9 Å². The molecule has 6 N–H and O–H groups in total. The maximum Gasteiger partial charge on any atom is 0.238 e. The zero-order valence-corrected chi connectivity index (χ0v) is 16.3. The molecule has 3 rings (SSSR count). The topological polar surface area (TPSA) is 122 Å². The molecule has 0 amide bonds. The average molecular weight is 404 g/mol. The summed E-state index contributed by atoms with van der Waals surface area (Å²) in [5, 5.41) is 15.9. The van der Waals surface area contributed by atoms with Crippen molar-refractivity contribution in [2.75, 3.05) is 11.9 Å². The second-order valence-electron chi connectivity index (χ2n) is 6.27. The number of benzene rings is 3. The SMILES string of the molecule is N=C(N)c1cccc(NCC#Cc2ccc(-c3ccccc3S(N)(=O)=O)cc2)c1. The number of nitrogens with two attached hydrogens (primary N) is 2. The average Bonchev–Trinajstić information content (AvgIpc) is 2.71. The van der Waals surface area contributed by atoms with Gasteiger partial charge < -0.3 is 11.1 Å². The van der Waals surface area contributed by atoms with Crippen molar-refractivity contribution in [3.63, 3.8) is 0 Å². The lowest BCUT2D eigenvalue weighted by molar-refractivity contribution is 0.598. The number of hydrogen-bond acceptors (Lipinski definition) is 4. The van der Waals surface area contributed by atoms with Crippen LogP contribution < -0.4 is 16.2 Å². The Labute approximate surface area is 170 Å². The molecule has 0 radical (unpaired) electrons. The number of nitrogens with one attached hydrogen (secondary N) is 2. The molecule has 0 fully saturated rings. The maximum absolute atomic E-state index is 11.8. The Kier molecular flexibility index (Phi) is 5.98. The predicted molar refractivity (Wildman–Crippen MR) is 116 cm³/mol. The van der Waals surface area contributed by atoms with Crippen molar-refractivity contribution in [3.8, 4) is 23.0 Å². The monoisotopic (exact) mass is 404 g/mol. The Hall–Kier alpha value is -3.60. The molecule has 29 heavy (non-hydrogen) atoms. The number of hydrogen-bond donors (Lipinski definition) is 4. The van der Waals surface area contributed by atoms with Gasteiger partial charge in [0, 0.05) is 22.4 Å². The molecule has 0 aromatic heterocycles. The molecule has 3 aromatic carbocycles. The van der Waals surface area contributed by atoms with E-state index in [1.54, 1.807) is 30.3 Å². The van der Waals surface area contributed by atoms with Gasteiger partial charge in [-0.1, -0.05) is 54.3 Å². The van der Waals surface area contributed by atoms with Gasteiger partial charge in [0.1, 0.15) is 5.84 Å². The number of anilines is 1. The van der Waals surface area contributed by atoms with Crippen LogP contribution in [0.1, 0.15) is 11.1 Å². The summed E-state index contributed by atoms with van der Waals surface area (Å²) in [4.78, 5) is 0.0934. The van der Waals surface area contributed by atoms with E-state index < -0.39 is 10.0 Å². The largest absolute Gasteiger partial charge is 0.384 e. The van der Waals surface area contributed by atoms with Crippen LogP contribution in [0.4, 0.5) is 5.69 Å². The normalized spacial score (nSPS) is 10.7. The van der Waals surface area contributed by atoms with Crippen molar-refractivity contribution in [2.24, 2.45) is 10.9 Å². The zero-order chi connectivity index (χ0) is 20.9. The number of sulfonamides is 1. The lowest BCUT2D eigenvalue weighted by Crippen LogP contribution is -2.13. The van der Waals surface area contributed by atoms with Crippen LogP contribution in [0, 0.1) is 17.3 Å². The van der Waals surface area contributed by atoms with E-state index in [2.05, 4.69) is 17.2 Å². The Balaban J connectivity index is 1.70. The minimum absolute atomic E-state index is 0.0174. The van der Waals surface area contributed by atoms with Crippen molar-refractivity contribution in [1.29, 1.82) is 5.41 Å². The molecule has 0 atom stereocenters. The lowest BCUT2D eigenvalue weighted by atomic mass is 10.0. The number of nitrogen functional groups attached to an aromatic ring is 1. The molecule has 0 saturated heterocycles. The zero-order valence-electron chi connectivity index (χ0n) is 15.5. The predicted octanol–water partition coefficient (Wildman–Crippen LogP) is 2.75. The number of rotatable bonds is 5. The summed E-state index contributed by atoms with van der Waals surface area (Å²) in [6.07, 6.45) is 0. The van der Waals surface area contributed by atoms with Gasteiger partial charge in [0.2, 0.25) is 10.0 Å². The molecule has 0 saturated carbocycles. The van der Waals surface area contributed by atoms with Crippen molar-refractivity contribution < 1.29 is 8.42 Å². The van der Waals surface area contributed by atoms with E-state index in [0.29, 0.717) is 17.7 Å². The smallest absolute Gasteiger partial charge is 0.238 e. The van der Waals surface area contributed by atoms with E-state index in [1.807, 2.05) is 36.4 Å². The molecule has 0 aliphatic rings. The highest BCUT2D eigenvalue weighted by Gasteiger charge is 2.14. The molecule has 0 aliphatic carbocycles. The molecule has 6 nitrogen and oxygen atoms in total. The fraction of sp³-hybridized carbons (Fsp3) is 0.0455. The number of amidine groups is 1. The molecular formula is C22H20N4O2S. The van der Waals surface area contributed by atoms with Gasteiger partial charge in [0.25, 0.3) is 0 Å². The Morgan fingerprint density at radius 3 is 2.41 bits per heavy atom. The Bertz CT molecular complexity index is 1210. The molecule has 0 aliphatic heterocycles. The lowest BCUT2D eigenvalue weighted by Gasteiger charge is -2.07. The second kappa shape index (κ2) is 8.61. The molecule has 0 bridgehead atoms. The van der Waals surface area contributed by atoms with Crippen LogP contribution >= 0.6 is 0 Å². The first kappa shape index (κ1) is 20.1. The van der Waals surface area contributed by atoms with E-state index in [9.17, 15) is 8.42 Å². The van der Waals surface area contributed by atoms with Crippen LogP contribution in [0.3, 0.4) is 0 Å². The van der Waals surface area contributed by atoms with Gasteiger partial charge >= 0.3 is 0 Å². The highest BCUT2D eigenvalue weighted by Crippen LogP contribution is 2.26. The molecular weight excluding hydrogens is 384 g/mol. The molecule has 0 heterocycles. The first-order valence-corrected chi connectivity index (χ1v) is 10.3. The molecule has 0 spiro atoms. The van der Waals surface area contributed by atoms with Gasteiger partial charge in [0.05, 0.1) is 11.4 Å². The third-order valence-corrected chi connectivity index (χ3v) is 5.15. The standard InChI is InChI=1S/C22H20N4O2S/c23-22(24)18-6-3-7-19(15-18)26-14-4-5-16-10-12-17(13-11-16)20-8-1-2-9-21(20)29(25,27)28/h1-3,6-13,15,26H,14H2,(H3,23,24)(H2,25,27,28). The summed E-state index contributed by atoms with van der Waals surface area (Å²) in [5.74, 6) is 6.10. The summed E-state index contributed by atoms with van der Waals surface area (Å²) >= 11 is 0. The van der Waals surface area contributed by atoms with Crippen LogP contribution in [-0.4, -0.2) is 20.8 Å². The van der Waals surface area contributed by atoms with E-state index in [1.165, 1.54) is 6.07 Å². The third-order valence-electron chi connectivity index (χ3n) is 4.18. The Morgan fingerprint density at radius 1 is 1.00 bits per heavy atom. The second-order valence-corrected chi connectivity index (χ2v) is 7.80. The fourth-order valence-electron chi connectivity index (χ4n) is 2.78. The molecule has 146 valence electrons. The molecule has 0 unspecified atom stereocenters. The van der Waals surface area contributed by atoms with Crippen molar-refractivity contribution in [2.45, 2.75) is 4.90 Å². The van der Waals surface area contributed by atoms with E-state index in [0.717, 1.165) is 16.8 Å². The quantitative estimate of drug-likeness (QED) is 0.297. The third kappa shape index (κ3) is 5.23. The van der Waals surface area contributed by atoms with E-state index in [4.69, 9.17) is 16.3 Å². The summed E-state index contributed by atoms with van der Waals surface area (Å²) in [6, 6.07) is 21.2. The summed E-state index contributed by atoms with van der Waals surface area (Å²) in [5.41, 5.74) is 9.09. The van der Waals surface area contributed by atoms with Gasteiger partial charge in [-0.15, -0.1) is 0 Å². The van der Waals surface area contributed by atoms with Gasteiger partial charge in [-0.3, -0.25) is 5.41 Å². The molecule has 7 heteroatoms. The fourth-order valence-corrected chi connectivity index (χ4v) is 3.54. The number of primary sulfonamides is 1. The summed E-state index contributed by atoms with van der Waals surface area (Å²) < 4.78 is 23.5. The Morgan fingerprint density at radius 2 is 1.72 bits per heavy atom. The highest BCUT2D eigenvalue weighted by atomic mass is 32.2.